The van der Waals surface area contributed by atoms with E-state index in [1.165, 1.54) is 0 Å². The molecule has 23 heavy (non-hydrogen) atoms. The number of nitrogens with zero attached hydrogens (tertiary/aromatic N) is 3. The molecule has 1 aliphatic rings. The topological polar surface area (TPSA) is 84.7 Å². The lowest BCUT2D eigenvalue weighted by molar-refractivity contribution is 0.223. The van der Waals surface area contributed by atoms with Crippen LogP contribution < -0.4 is 16.6 Å². The van der Waals surface area contributed by atoms with Crippen molar-refractivity contribution in [3.05, 3.63) is 51.3 Å². The van der Waals surface area contributed by atoms with E-state index < -0.39 is 0 Å². The van der Waals surface area contributed by atoms with E-state index in [1.54, 1.807) is 17.0 Å². The summed E-state index contributed by atoms with van der Waals surface area (Å²) in [6.07, 6.45) is 9.31. The predicted octanol–water partition coefficient (Wildman–Crippen LogP) is 0.981. The molecule has 2 heterocycles. The maximum atomic E-state index is 12.0. The Hall–Kier alpha value is -2.15. The first kappa shape index (κ1) is 15.7. The molecule has 0 aliphatic heterocycles. The molecule has 0 radical (unpaired) electrons. The summed E-state index contributed by atoms with van der Waals surface area (Å²) in [6, 6.07) is 0.869. The van der Waals surface area contributed by atoms with E-state index in [0.29, 0.717) is 24.2 Å². The number of aromatic amines is 1. The van der Waals surface area contributed by atoms with Gasteiger partial charge in [0.05, 0.1) is 6.33 Å². The highest BCUT2D eigenvalue weighted by Gasteiger charge is 2.29. The van der Waals surface area contributed by atoms with Crippen LogP contribution in [0.4, 0.5) is 0 Å². The van der Waals surface area contributed by atoms with Crippen LogP contribution in [0.1, 0.15) is 45.2 Å². The van der Waals surface area contributed by atoms with Gasteiger partial charge in [0.2, 0.25) is 0 Å². The normalized spacial score (nSPS) is 21.2. The van der Waals surface area contributed by atoms with Gasteiger partial charge in [0.1, 0.15) is 0 Å². The summed E-state index contributed by atoms with van der Waals surface area (Å²) in [5.41, 5.74) is -0.451. The molecule has 7 heteroatoms. The first-order valence-electron chi connectivity index (χ1n) is 7.91. The lowest BCUT2D eigenvalue weighted by Gasteiger charge is -2.36. The van der Waals surface area contributed by atoms with Crippen molar-refractivity contribution in [3.8, 4) is 0 Å². The van der Waals surface area contributed by atoms with Crippen molar-refractivity contribution < 1.29 is 0 Å². The highest BCUT2D eigenvalue weighted by molar-refractivity contribution is 5.07. The lowest BCUT2D eigenvalue weighted by atomic mass is 9.86. The number of rotatable bonds is 4. The van der Waals surface area contributed by atoms with Crippen LogP contribution in [0.3, 0.4) is 0 Å². The third-order valence-electron chi connectivity index (χ3n) is 4.38. The standard InChI is InChI=1S/C16H23N5O2/c1-16(2,3)21-9-11(14(22)19-15(21)23)8-18-12-6-13(7-12)20-5-4-17-10-20/h4-5,9-10,12-13,18H,6-8H2,1-3H3,(H,19,22,23). The zero-order chi connectivity index (χ0) is 16.6. The molecule has 0 bridgehead atoms. The Morgan fingerprint density at radius 3 is 2.70 bits per heavy atom. The molecular formula is C16H23N5O2. The summed E-state index contributed by atoms with van der Waals surface area (Å²) in [5, 5.41) is 3.40. The molecule has 1 aliphatic carbocycles. The van der Waals surface area contributed by atoms with Crippen molar-refractivity contribution in [2.45, 2.75) is 57.8 Å². The second kappa shape index (κ2) is 5.81. The minimum Gasteiger partial charge on any atom is -0.334 e. The molecule has 1 saturated carbocycles. The van der Waals surface area contributed by atoms with E-state index in [1.807, 2.05) is 33.3 Å². The third-order valence-corrected chi connectivity index (χ3v) is 4.38. The Labute approximate surface area is 134 Å². The molecule has 0 unspecified atom stereocenters. The predicted molar refractivity (Wildman–Crippen MR) is 87.4 cm³/mol. The van der Waals surface area contributed by atoms with Crippen LogP contribution in [0.5, 0.6) is 0 Å². The van der Waals surface area contributed by atoms with Crippen LogP contribution in [-0.4, -0.2) is 25.1 Å². The second-order valence-corrected chi connectivity index (χ2v) is 7.17. The number of hydrogen-bond acceptors (Lipinski definition) is 4. The van der Waals surface area contributed by atoms with Gasteiger partial charge in [-0.1, -0.05) is 0 Å². The molecule has 1 fully saturated rings. The van der Waals surface area contributed by atoms with Gasteiger partial charge >= 0.3 is 5.69 Å². The van der Waals surface area contributed by atoms with Crippen molar-refractivity contribution in [3.63, 3.8) is 0 Å². The van der Waals surface area contributed by atoms with Crippen LogP contribution in [0.2, 0.25) is 0 Å². The molecule has 3 rings (SSSR count). The molecule has 0 aromatic carbocycles. The first-order valence-corrected chi connectivity index (χ1v) is 7.91. The van der Waals surface area contributed by atoms with E-state index >= 15 is 0 Å². The van der Waals surface area contributed by atoms with E-state index in [-0.39, 0.29) is 16.8 Å². The summed E-state index contributed by atoms with van der Waals surface area (Å²) in [7, 11) is 0. The highest BCUT2D eigenvalue weighted by atomic mass is 16.2. The van der Waals surface area contributed by atoms with E-state index in [0.717, 1.165) is 12.8 Å². The third kappa shape index (κ3) is 3.29. The molecule has 0 spiro atoms. The molecule has 0 amide bonds. The minimum atomic E-state index is -0.366. The number of nitrogens with one attached hydrogen (secondary N) is 2. The van der Waals surface area contributed by atoms with Gasteiger partial charge in [-0.15, -0.1) is 0 Å². The zero-order valence-electron chi connectivity index (χ0n) is 13.7. The molecule has 2 N–H and O–H groups in total. The monoisotopic (exact) mass is 317 g/mol. The quantitative estimate of drug-likeness (QED) is 0.880. The Kier molecular flexibility index (Phi) is 3.97. The summed E-state index contributed by atoms with van der Waals surface area (Å²) < 4.78 is 3.69. The lowest BCUT2D eigenvalue weighted by Crippen LogP contribution is -2.44. The summed E-state index contributed by atoms with van der Waals surface area (Å²) in [6.45, 7) is 6.27. The van der Waals surface area contributed by atoms with Crippen LogP contribution in [0.25, 0.3) is 0 Å². The van der Waals surface area contributed by atoms with E-state index in [4.69, 9.17) is 0 Å². The molecular weight excluding hydrogens is 294 g/mol. The second-order valence-electron chi connectivity index (χ2n) is 7.17. The van der Waals surface area contributed by atoms with E-state index in [2.05, 4.69) is 19.9 Å². The smallest absolute Gasteiger partial charge is 0.328 e. The maximum Gasteiger partial charge on any atom is 0.328 e. The number of H-pyrrole nitrogens is 1. The Bertz CT molecular complexity index is 776. The molecule has 124 valence electrons. The van der Waals surface area contributed by atoms with Gasteiger partial charge in [-0.05, 0) is 33.6 Å². The SMILES string of the molecule is CC(C)(C)n1cc(CNC2CC(n3ccnc3)C2)c(=O)[nH]c1=O. The Balaban J connectivity index is 1.63. The van der Waals surface area contributed by atoms with Gasteiger partial charge in [-0.25, -0.2) is 9.78 Å². The van der Waals surface area contributed by atoms with Gasteiger partial charge in [0.15, 0.2) is 0 Å². The van der Waals surface area contributed by atoms with Gasteiger partial charge in [0.25, 0.3) is 5.56 Å². The van der Waals surface area contributed by atoms with Crippen molar-refractivity contribution in [1.29, 1.82) is 0 Å². The van der Waals surface area contributed by atoms with Crippen molar-refractivity contribution in [1.82, 2.24) is 24.4 Å². The largest absolute Gasteiger partial charge is 0.334 e. The maximum absolute atomic E-state index is 12.0. The van der Waals surface area contributed by atoms with Gasteiger partial charge in [0, 0.05) is 48.3 Å². The van der Waals surface area contributed by atoms with Gasteiger partial charge in [-0.3, -0.25) is 14.3 Å². The minimum absolute atomic E-state index is 0.312. The van der Waals surface area contributed by atoms with Crippen LogP contribution >= 0.6 is 0 Å². The van der Waals surface area contributed by atoms with Crippen molar-refractivity contribution >= 4 is 0 Å². The zero-order valence-corrected chi connectivity index (χ0v) is 13.7. The van der Waals surface area contributed by atoms with Crippen LogP contribution in [-0.2, 0) is 12.1 Å². The van der Waals surface area contributed by atoms with Crippen molar-refractivity contribution in [2.24, 2.45) is 0 Å². The number of hydrogen-bond donors (Lipinski definition) is 2. The van der Waals surface area contributed by atoms with E-state index in [9.17, 15) is 9.59 Å². The molecule has 2 aromatic heterocycles. The van der Waals surface area contributed by atoms with Crippen LogP contribution in [0.15, 0.2) is 34.5 Å². The van der Waals surface area contributed by atoms with Gasteiger partial charge in [-0.2, -0.15) is 0 Å². The fourth-order valence-corrected chi connectivity index (χ4v) is 2.87. The number of imidazole rings is 1. The summed E-state index contributed by atoms with van der Waals surface area (Å²) in [4.78, 5) is 30.3. The highest BCUT2D eigenvalue weighted by Crippen LogP contribution is 2.31. The molecule has 0 saturated heterocycles. The fourth-order valence-electron chi connectivity index (χ4n) is 2.87. The Morgan fingerprint density at radius 2 is 2.09 bits per heavy atom. The first-order chi connectivity index (χ1) is 10.8. The fraction of sp³-hybridized carbons (Fsp3) is 0.562. The molecule has 7 nitrogen and oxygen atoms in total. The average molecular weight is 317 g/mol. The van der Waals surface area contributed by atoms with Crippen LogP contribution in [0, 0.1) is 0 Å². The Morgan fingerprint density at radius 1 is 1.35 bits per heavy atom. The summed E-state index contributed by atoms with van der Waals surface area (Å²) >= 11 is 0. The van der Waals surface area contributed by atoms with Crippen molar-refractivity contribution in [2.75, 3.05) is 0 Å². The summed E-state index contributed by atoms with van der Waals surface area (Å²) in [5.74, 6) is 0. The molecule has 2 aromatic rings. The number of aromatic nitrogens is 4. The van der Waals surface area contributed by atoms with Gasteiger partial charge < -0.3 is 9.88 Å². The molecule has 0 atom stereocenters. The average Bonchev–Trinajstić information content (AvgIpc) is 2.91.